The molecular weight excluding hydrogens is 406 g/mol. The number of hydrogen-bond acceptors (Lipinski definition) is 5. The number of ether oxygens (including phenoxy) is 1. The number of carbonyl (C=O) groups is 3. The summed E-state index contributed by atoms with van der Waals surface area (Å²) < 4.78 is 5.09. The average molecular weight is 452 g/mol. The smallest absolute Gasteiger partial charge is 0.333 e. The van der Waals surface area contributed by atoms with Crippen molar-refractivity contribution in [3.63, 3.8) is 0 Å². The van der Waals surface area contributed by atoms with Crippen LogP contribution < -0.4 is 5.32 Å². The zero-order valence-electron chi connectivity index (χ0n) is 21.8. The zero-order chi connectivity index (χ0) is 24.8. The molecule has 0 aromatic carbocycles. The van der Waals surface area contributed by atoms with E-state index >= 15 is 0 Å². The first kappa shape index (κ1) is 28.1. The van der Waals surface area contributed by atoms with Gasteiger partial charge in [-0.1, -0.05) is 47.6 Å². The molecule has 1 heterocycles. The Kier molecular flexibility index (Phi) is 10.4. The van der Waals surface area contributed by atoms with Gasteiger partial charge < -0.3 is 15.0 Å². The molecule has 7 heteroatoms. The number of amides is 2. The number of piperidine rings is 1. The topological polar surface area (TPSA) is 79.0 Å². The van der Waals surface area contributed by atoms with Crippen LogP contribution in [0.3, 0.4) is 0 Å². The number of esters is 1. The van der Waals surface area contributed by atoms with Crippen LogP contribution in [0.5, 0.6) is 0 Å². The predicted molar refractivity (Wildman–Crippen MR) is 128 cm³/mol. The summed E-state index contributed by atoms with van der Waals surface area (Å²) >= 11 is 0. The SMILES string of the molecule is CCOC(=O)C(C)=CC(C(C)C)N(C)C(=O)[C@@H](NC(=O)C1C(C)CCCN1C)C(C)(C)C. The molecule has 0 saturated carbocycles. The molecule has 0 aromatic heterocycles. The lowest BCUT2D eigenvalue weighted by Gasteiger charge is -2.40. The number of likely N-dealkylation sites (tertiary alicyclic amines) is 1. The van der Waals surface area contributed by atoms with Crippen molar-refractivity contribution in [2.75, 3.05) is 27.2 Å². The van der Waals surface area contributed by atoms with E-state index in [1.54, 1.807) is 31.9 Å². The fourth-order valence-electron chi connectivity index (χ4n) is 4.40. The molecule has 0 bridgehead atoms. The molecule has 0 aromatic rings. The minimum absolute atomic E-state index is 0.0779. The van der Waals surface area contributed by atoms with Gasteiger partial charge in [-0.2, -0.15) is 0 Å². The van der Waals surface area contributed by atoms with Crippen molar-refractivity contribution in [2.45, 2.75) is 86.4 Å². The van der Waals surface area contributed by atoms with E-state index < -0.39 is 11.5 Å². The van der Waals surface area contributed by atoms with Crippen LogP contribution in [0.25, 0.3) is 0 Å². The quantitative estimate of drug-likeness (QED) is 0.453. The van der Waals surface area contributed by atoms with Gasteiger partial charge in [-0.25, -0.2) is 4.79 Å². The summed E-state index contributed by atoms with van der Waals surface area (Å²) in [6.45, 7) is 16.6. The normalized spacial score (nSPS) is 22.3. The van der Waals surface area contributed by atoms with Gasteiger partial charge in [-0.3, -0.25) is 14.5 Å². The van der Waals surface area contributed by atoms with E-state index in [1.807, 2.05) is 41.7 Å². The lowest BCUT2D eigenvalue weighted by molar-refractivity contribution is -0.142. The number of rotatable bonds is 8. The molecule has 1 N–H and O–H groups in total. The molecule has 1 aliphatic heterocycles. The van der Waals surface area contributed by atoms with Gasteiger partial charge in [0.2, 0.25) is 11.8 Å². The summed E-state index contributed by atoms with van der Waals surface area (Å²) in [4.78, 5) is 42.7. The van der Waals surface area contributed by atoms with Crippen molar-refractivity contribution < 1.29 is 19.1 Å². The van der Waals surface area contributed by atoms with Gasteiger partial charge in [0.25, 0.3) is 0 Å². The second-order valence-corrected chi connectivity index (χ2v) is 10.6. The largest absolute Gasteiger partial charge is 0.463 e. The molecule has 4 atom stereocenters. The molecule has 1 aliphatic rings. The summed E-state index contributed by atoms with van der Waals surface area (Å²) in [6, 6.07) is -1.22. The predicted octanol–water partition coefficient (Wildman–Crippen LogP) is 3.24. The lowest BCUT2D eigenvalue weighted by Crippen LogP contribution is -2.60. The Morgan fingerprint density at radius 3 is 2.31 bits per heavy atom. The van der Waals surface area contributed by atoms with Crippen LogP contribution in [-0.4, -0.2) is 73.0 Å². The second-order valence-electron chi connectivity index (χ2n) is 10.6. The summed E-state index contributed by atoms with van der Waals surface area (Å²) in [5.74, 6) is -0.326. The van der Waals surface area contributed by atoms with Crippen LogP contribution in [0.1, 0.15) is 68.2 Å². The van der Waals surface area contributed by atoms with Crippen molar-refractivity contribution in [3.8, 4) is 0 Å². The first-order valence-corrected chi connectivity index (χ1v) is 11.8. The number of carbonyl (C=O) groups excluding carboxylic acids is 3. The lowest BCUT2D eigenvalue weighted by atomic mass is 9.84. The Hall–Kier alpha value is -1.89. The highest BCUT2D eigenvalue weighted by atomic mass is 16.5. The molecule has 1 fully saturated rings. The van der Waals surface area contributed by atoms with Crippen LogP contribution in [0, 0.1) is 17.3 Å². The molecule has 1 saturated heterocycles. The number of nitrogens with one attached hydrogen (secondary N) is 1. The summed E-state index contributed by atoms with van der Waals surface area (Å²) in [5, 5.41) is 3.07. The standard InChI is InChI=1S/C25H45N3O4/c1-11-32-24(31)18(5)15-19(16(2)3)28(10)23(30)21(25(6,7)8)26-22(29)20-17(4)13-12-14-27(20)9/h15-17,19-21H,11-14H2,1-10H3,(H,26,29)/t17?,19?,20?,21-/m1/s1. The maximum Gasteiger partial charge on any atom is 0.333 e. The van der Waals surface area contributed by atoms with Gasteiger partial charge in [0.1, 0.15) is 6.04 Å². The van der Waals surface area contributed by atoms with Crippen molar-refractivity contribution in [2.24, 2.45) is 17.3 Å². The third kappa shape index (κ3) is 7.32. The third-order valence-electron chi connectivity index (χ3n) is 6.35. The number of nitrogens with zero attached hydrogens (tertiary/aromatic N) is 2. The number of likely N-dealkylation sites (N-methyl/N-ethyl adjacent to an activating group) is 2. The van der Waals surface area contributed by atoms with Gasteiger partial charge in [-0.15, -0.1) is 0 Å². The zero-order valence-corrected chi connectivity index (χ0v) is 21.8. The summed E-state index contributed by atoms with van der Waals surface area (Å²) in [7, 11) is 3.71. The molecule has 2 amide bonds. The highest BCUT2D eigenvalue weighted by Gasteiger charge is 2.40. The Morgan fingerprint density at radius 2 is 1.84 bits per heavy atom. The van der Waals surface area contributed by atoms with E-state index in [4.69, 9.17) is 4.74 Å². The molecule has 0 spiro atoms. The highest BCUT2D eigenvalue weighted by Crippen LogP contribution is 2.26. The summed E-state index contributed by atoms with van der Waals surface area (Å²) in [5.41, 5.74) is -0.00182. The molecule has 32 heavy (non-hydrogen) atoms. The van der Waals surface area contributed by atoms with Crippen LogP contribution >= 0.6 is 0 Å². The second kappa shape index (κ2) is 11.8. The van der Waals surface area contributed by atoms with Crippen molar-refractivity contribution in [1.82, 2.24) is 15.1 Å². The average Bonchev–Trinajstić information content (AvgIpc) is 2.67. The first-order chi connectivity index (χ1) is 14.7. The third-order valence-corrected chi connectivity index (χ3v) is 6.35. The Bertz CT molecular complexity index is 686. The van der Waals surface area contributed by atoms with E-state index in [1.165, 1.54) is 0 Å². The monoisotopic (exact) mass is 451 g/mol. The van der Waals surface area contributed by atoms with E-state index in [0.29, 0.717) is 12.2 Å². The fraction of sp³-hybridized carbons (Fsp3) is 0.800. The van der Waals surface area contributed by atoms with E-state index in [9.17, 15) is 14.4 Å². The molecule has 3 unspecified atom stereocenters. The molecular formula is C25H45N3O4. The van der Waals surface area contributed by atoms with Gasteiger partial charge in [0, 0.05) is 12.6 Å². The maximum atomic E-state index is 13.6. The van der Waals surface area contributed by atoms with Crippen molar-refractivity contribution in [3.05, 3.63) is 11.6 Å². The molecule has 184 valence electrons. The minimum Gasteiger partial charge on any atom is -0.463 e. The van der Waals surface area contributed by atoms with Crippen LogP contribution in [0.15, 0.2) is 11.6 Å². The maximum absolute atomic E-state index is 13.6. The van der Waals surface area contributed by atoms with Crippen LogP contribution in [-0.2, 0) is 19.1 Å². The minimum atomic E-state index is -0.680. The van der Waals surface area contributed by atoms with Gasteiger partial charge in [0.15, 0.2) is 0 Å². The molecule has 1 rings (SSSR count). The van der Waals surface area contributed by atoms with Gasteiger partial charge >= 0.3 is 5.97 Å². The molecule has 0 aliphatic carbocycles. The van der Waals surface area contributed by atoms with E-state index in [-0.39, 0.29) is 41.7 Å². The molecule has 0 radical (unpaired) electrons. The van der Waals surface area contributed by atoms with Gasteiger partial charge in [-0.05, 0) is 57.5 Å². The van der Waals surface area contributed by atoms with Crippen molar-refractivity contribution in [1.29, 1.82) is 0 Å². The first-order valence-electron chi connectivity index (χ1n) is 11.8. The van der Waals surface area contributed by atoms with Crippen molar-refractivity contribution >= 4 is 17.8 Å². The molecule has 7 nitrogen and oxygen atoms in total. The fourth-order valence-corrected chi connectivity index (χ4v) is 4.40. The number of hydrogen-bond donors (Lipinski definition) is 1. The summed E-state index contributed by atoms with van der Waals surface area (Å²) in [6.07, 6.45) is 3.87. The Labute approximate surface area is 194 Å². The Morgan fingerprint density at radius 1 is 1.25 bits per heavy atom. The van der Waals surface area contributed by atoms with E-state index in [2.05, 4.69) is 17.1 Å². The highest BCUT2D eigenvalue weighted by molar-refractivity contribution is 5.91. The van der Waals surface area contributed by atoms with Crippen LogP contribution in [0.2, 0.25) is 0 Å². The Balaban J connectivity index is 3.15. The van der Waals surface area contributed by atoms with E-state index in [0.717, 1.165) is 19.4 Å². The van der Waals surface area contributed by atoms with Gasteiger partial charge in [0.05, 0.1) is 18.7 Å². The van der Waals surface area contributed by atoms with Crippen LogP contribution in [0.4, 0.5) is 0 Å².